The average molecular weight is 309 g/mol. The van der Waals surface area contributed by atoms with Gasteiger partial charge in [0, 0.05) is 44.2 Å². The monoisotopic (exact) mass is 309 g/mol. The highest BCUT2D eigenvalue weighted by Gasteiger charge is 2.48. The fraction of sp³-hybridized carbons (Fsp3) is 0.688. The number of amides is 1. The molecule has 0 unspecified atom stereocenters. The third-order valence-corrected chi connectivity index (χ3v) is 5.90. The van der Waals surface area contributed by atoms with Gasteiger partial charge in [-0.2, -0.15) is 0 Å². The molecule has 1 aromatic heterocycles. The fourth-order valence-corrected chi connectivity index (χ4v) is 4.50. The van der Waals surface area contributed by atoms with Gasteiger partial charge in [-0.05, 0) is 37.3 Å². The topological polar surface area (TPSA) is 38.8 Å². The molecular weight excluding hydrogens is 286 g/mol. The van der Waals surface area contributed by atoms with E-state index in [1.165, 1.54) is 4.88 Å². The lowest BCUT2D eigenvalue weighted by Crippen LogP contribution is -2.39. The van der Waals surface area contributed by atoms with E-state index in [1.807, 2.05) is 24.0 Å². The van der Waals surface area contributed by atoms with Crippen LogP contribution in [0.25, 0.3) is 0 Å². The molecule has 21 heavy (non-hydrogen) atoms. The van der Waals surface area contributed by atoms with Crippen molar-refractivity contribution in [1.82, 2.24) is 4.90 Å². The molecule has 2 fully saturated rings. The zero-order valence-electron chi connectivity index (χ0n) is 12.8. The van der Waals surface area contributed by atoms with Crippen LogP contribution in [-0.2, 0) is 9.47 Å². The van der Waals surface area contributed by atoms with E-state index in [0.29, 0.717) is 5.92 Å². The first-order valence-electron chi connectivity index (χ1n) is 7.57. The molecule has 0 aliphatic carbocycles. The minimum absolute atomic E-state index is 0.178. The van der Waals surface area contributed by atoms with Crippen LogP contribution in [0.15, 0.2) is 12.1 Å². The van der Waals surface area contributed by atoms with Gasteiger partial charge in [0.1, 0.15) is 0 Å². The van der Waals surface area contributed by atoms with Crippen molar-refractivity contribution in [2.45, 2.75) is 19.8 Å². The molecule has 116 valence electrons. The van der Waals surface area contributed by atoms with Gasteiger partial charge >= 0.3 is 0 Å². The molecule has 4 nitrogen and oxygen atoms in total. The summed E-state index contributed by atoms with van der Waals surface area (Å²) in [4.78, 5) is 16.8. The highest BCUT2D eigenvalue weighted by atomic mass is 32.1. The molecule has 2 aliphatic rings. The molecule has 1 aromatic rings. The summed E-state index contributed by atoms with van der Waals surface area (Å²) >= 11 is 1.59. The van der Waals surface area contributed by atoms with Crippen LogP contribution in [0.2, 0.25) is 0 Å². The van der Waals surface area contributed by atoms with Crippen LogP contribution in [-0.4, -0.2) is 50.8 Å². The first kappa shape index (κ1) is 15.0. The lowest BCUT2D eigenvalue weighted by Gasteiger charge is -2.37. The number of aryl methyl sites for hydroxylation is 1. The van der Waals surface area contributed by atoms with Crippen molar-refractivity contribution in [2.75, 3.05) is 40.0 Å². The lowest BCUT2D eigenvalue weighted by molar-refractivity contribution is -0.0168. The van der Waals surface area contributed by atoms with Crippen molar-refractivity contribution in [2.24, 2.45) is 11.3 Å². The molecule has 1 amide bonds. The number of rotatable bonds is 3. The minimum atomic E-state index is 0.178. The van der Waals surface area contributed by atoms with Gasteiger partial charge in [0.05, 0.1) is 11.5 Å². The summed E-state index contributed by atoms with van der Waals surface area (Å²) in [7, 11) is 1.75. The summed E-state index contributed by atoms with van der Waals surface area (Å²) in [6.45, 7) is 6.04. The quantitative estimate of drug-likeness (QED) is 0.861. The first-order valence-corrected chi connectivity index (χ1v) is 8.39. The minimum Gasteiger partial charge on any atom is -0.384 e. The standard InChI is InChI=1S/C16H23NO3S/c1-12-3-4-14(21-12)15(18)17-9-13(10-19-2)16(11-17)5-7-20-8-6-16/h3-4,13H,5-11H2,1-2H3/t13-/m0/s1. The first-order chi connectivity index (χ1) is 10.1. The van der Waals surface area contributed by atoms with E-state index < -0.39 is 0 Å². The molecule has 0 saturated carbocycles. The Labute approximate surface area is 130 Å². The Balaban J connectivity index is 1.77. The Bertz CT molecular complexity index is 507. The molecule has 5 heteroatoms. The second-order valence-electron chi connectivity index (χ2n) is 6.22. The van der Waals surface area contributed by atoms with Gasteiger partial charge in [-0.25, -0.2) is 0 Å². The Morgan fingerprint density at radius 3 is 2.86 bits per heavy atom. The van der Waals surface area contributed by atoms with Crippen molar-refractivity contribution in [1.29, 1.82) is 0 Å². The number of thiophene rings is 1. The van der Waals surface area contributed by atoms with Crippen LogP contribution in [0, 0.1) is 18.3 Å². The lowest BCUT2D eigenvalue weighted by atomic mass is 9.72. The van der Waals surface area contributed by atoms with Crippen LogP contribution in [0.4, 0.5) is 0 Å². The maximum atomic E-state index is 12.7. The summed E-state index contributed by atoms with van der Waals surface area (Å²) in [5.41, 5.74) is 0.191. The summed E-state index contributed by atoms with van der Waals surface area (Å²) in [5, 5.41) is 0. The molecular formula is C16H23NO3S. The van der Waals surface area contributed by atoms with Gasteiger partial charge in [0.25, 0.3) is 5.91 Å². The van der Waals surface area contributed by atoms with E-state index >= 15 is 0 Å². The van der Waals surface area contributed by atoms with E-state index in [9.17, 15) is 4.79 Å². The number of carbonyl (C=O) groups excluding carboxylic acids is 1. The number of methoxy groups -OCH3 is 1. The van der Waals surface area contributed by atoms with E-state index in [0.717, 1.165) is 50.6 Å². The number of likely N-dealkylation sites (tertiary alicyclic amines) is 1. The van der Waals surface area contributed by atoms with Gasteiger partial charge in [-0.1, -0.05) is 0 Å². The van der Waals surface area contributed by atoms with E-state index in [4.69, 9.17) is 9.47 Å². The smallest absolute Gasteiger partial charge is 0.263 e. The third-order valence-electron chi connectivity index (χ3n) is 4.91. The molecule has 0 bridgehead atoms. The molecule has 3 rings (SSSR count). The molecule has 2 saturated heterocycles. The Hall–Kier alpha value is -0.910. The highest BCUT2D eigenvalue weighted by Crippen LogP contribution is 2.44. The van der Waals surface area contributed by atoms with Crippen LogP contribution < -0.4 is 0 Å². The summed E-state index contributed by atoms with van der Waals surface area (Å²) in [6.07, 6.45) is 2.07. The summed E-state index contributed by atoms with van der Waals surface area (Å²) < 4.78 is 10.9. The largest absolute Gasteiger partial charge is 0.384 e. The van der Waals surface area contributed by atoms with Crippen molar-refractivity contribution >= 4 is 17.2 Å². The molecule has 1 spiro atoms. The number of hydrogen-bond acceptors (Lipinski definition) is 4. The molecule has 0 aromatic carbocycles. The van der Waals surface area contributed by atoms with E-state index in [2.05, 4.69) is 0 Å². The number of carbonyl (C=O) groups is 1. The molecule has 0 N–H and O–H groups in total. The Morgan fingerprint density at radius 2 is 2.24 bits per heavy atom. The van der Waals surface area contributed by atoms with Gasteiger partial charge in [0.2, 0.25) is 0 Å². The maximum Gasteiger partial charge on any atom is 0.263 e. The van der Waals surface area contributed by atoms with Crippen molar-refractivity contribution < 1.29 is 14.3 Å². The second kappa shape index (κ2) is 6.07. The van der Waals surface area contributed by atoms with Crippen LogP contribution >= 0.6 is 11.3 Å². The van der Waals surface area contributed by atoms with Gasteiger partial charge in [0.15, 0.2) is 0 Å². The maximum absolute atomic E-state index is 12.7. The average Bonchev–Trinajstić information content (AvgIpc) is 3.05. The Morgan fingerprint density at radius 1 is 1.48 bits per heavy atom. The SMILES string of the molecule is COC[C@@H]1CN(C(=O)c2ccc(C)s2)CC12CCOCC2. The molecule has 0 radical (unpaired) electrons. The molecule has 1 atom stereocenters. The molecule has 3 heterocycles. The predicted molar refractivity (Wildman–Crippen MR) is 82.8 cm³/mol. The summed E-state index contributed by atoms with van der Waals surface area (Å²) in [5.74, 6) is 0.606. The third kappa shape index (κ3) is 2.87. The molecule has 2 aliphatic heterocycles. The zero-order chi connectivity index (χ0) is 14.9. The van der Waals surface area contributed by atoms with Crippen LogP contribution in [0.3, 0.4) is 0 Å². The number of ether oxygens (including phenoxy) is 2. The second-order valence-corrected chi connectivity index (χ2v) is 7.51. The normalized spacial score (nSPS) is 24.7. The van der Waals surface area contributed by atoms with Crippen LogP contribution in [0.1, 0.15) is 27.4 Å². The van der Waals surface area contributed by atoms with Gasteiger partial charge in [-0.3, -0.25) is 4.79 Å². The van der Waals surface area contributed by atoms with E-state index in [1.54, 1.807) is 18.4 Å². The van der Waals surface area contributed by atoms with Crippen LogP contribution in [0.5, 0.6) is 0 Å². The highest BCUT2D eigenvalue weighted by molar-refractivity contribution is 7.13. The van der Waals surface area contributed by atoms with Crippen molar-refractivity contribution in [3.8, 4) is 0 Å². The van der Waals surface area contributed by atoms with Gasteiger partial charge < -0.3 is 14.4 Å². The van der Waals surface area contributed by atoms with E-state index in [-0.39, 0.29) is 11.3 Å². The zero-order valence-corrected chi connectivity index (χ0v) is 13.6. The van der Waals surface area contributed by atoms with Crippen molar-refractivity contribution in [3.05, 3.63) is 21.9 Å². The van der Waals surface area contributed by atoms with Gasteiger partial charge in [-0.15, -0.1) is 11.3 Å². The number of hydrogen-bond donors (Lipinski definition) is 0. The predicted octanol–water partition coefficient (Wildman–Crippen LogP) is 2.57. The fourth-order valence-electron chi connectivity index (χ4n) is 3.67. The van der Waals surface area contributed by atoms with Crippen molar-refractivity contribution in [3.63, 3.8) is 0 Å². The Kier molecular flexibility index (Phi) is 4.33. The number of nitrogens with zero attached hydrogens (tertiary/aromatic N) is 1. The summed E-state index contributed by atoms with van der Waals surface area (Å²) in [6, 6.07) is 3.97.